The third-order valence-electron chi connectivity index (χ3n) is 2.26. The van der Waals surface area contributed by atoms with E-state index in [0.29, 0.717) is 11.3 Å². The van der Waals surface area contributed by atoms with E-state index in [2.05, 4.69) is 0 Å². The number of rotatable bonds is 6. The number of hydrogen-bond acceptors (Lipinski definition) is 4. The highest BCUT2D eigenvalue weighted by molar-refractivity contribution is 5.36. The molecule has 0 fully saturated rings. The summed E-state index contributed by atoms with van der Waals surface area (Å²) in [4.78, 5) is 0. The Balaban J connectivity index is 2.71. The van der Waals surface area contributed by atoms with Gasteiger partial charge in [0, 0.05) is 24.8 Å². The van der Waals surface area contributed by atoms with E-state index in [-0.39, 0.29) is 19.3 Å². The maximum atomic E-state index is 13.1. The Morgan fingerprint density at radius 2 is 2.12 bits per heavy atom. The standard InChI is InChI=1S/C12H18FNO3/c1-8(14)11-4-3-9(13)5-12(11)17-7-10(15)6-16-2/h3-5,8,10,15H,6-7,14H2,1-2H3/t8-,10?/m0/s1. The fourth-order valence-electron chi connectivity index (χ4n) is 1.44. The second-order valence-corrected chi connectivity index (χ2v) is 3.89. The predicted octanol–water partition coefficient (Wildman–Crippen LogP) is 1.23. The predicted molar refractivity (Wildman–Crippen MR) is 62.4 cm³/mol. The average molecular weight is 243 g/mol. The number of aliphatic hydroxyl groups is 1. The molecular weight excluding hydrogens is 225 g/mol. The first-order chi connectivity index (χ1) is 8.04. The monoisotopic (exact) mass is 243 g/mol. The Hall–Kier alpha value is -1.17. The third kappa shape index (κ3) is 4.30. The van der Waals surface area contributed by atoms with Crippen molar-refractivity contribution in [1.82, 2.24) is 0 Å². The van der Waals surface area contributed by atoms with Gasteiger partial charge in [-0.25, -0.2) is 4.39 Å². The van der Waals surface area contributed by atoms with Gasteiger partial charge in [0.1, 0.15) is 24.3 Å². The zero-order chi connectivity index (χ0) is 12.8. The summed E-state index contributed by atoms with van der Waals surface area (Å²) < 4.78 is 23.2. The Kier molecular flexibility index (Phi) is 5.34. The second kappa shape index (κ2) is 6.54. The van der Waals surface area contributed by atoms with Crippen molar-refractivity contribution in [2.24, 2.45) is 5.73 Å². The first-order valence-corrected chi connectivity index (χ1v) is 5.39. The molecular formula is C12H18FNO3. The Labute approximate surface area is 100 Å². The molecule has 17 heavy (non-hydrogen) atoms. The number of aliphatic hydroxyl groups excluding tert-OH is 1. The molecule has 0 spiro atoms. The highest BCUT2D eigenvalue weighted by Crippen LogP contribution is 2.24. The van der Waals surface area contributed by atoms with Crippen LogP contribution in [0.5, 0.6) is 5.75 Å². The summed E-state index contributed by atoms with van der Waals surface area (Å²) in [6.07, 6.45) is -0.746. The highest BCUT2D eigenvalue weighted by Gasteiger charge is 2.11. The molecule has 1 aromatic carbocycles. The summed E-state index contributed by atoms with van der Waals surface area (Å²) in [6.45, 7) is 1.99. The van der Waals surface area contributed by atoms with Crippen molar-refractivity contribution in [3.63, 3.8) is 0 Å². The van der Waals surface area contributed by atoms with Gasteiger partial charge in [0.2, 0.25) is 0 Å². The lowest BCUT2D eigenvalue weighted by molar-refractivity contribution is 0.0322. The van der Waals surface area contributed by atoms with Crippen LogP contribution in [0, 0.1) is 5.82 Å². The van der Waals surface area contributed by atoms with Gasteiger partial charge in [0.05, 0.1) is 6.61 Å². The molecule has 0 aliphatic carbocycles. The quantitative estimate of drug-likeness (QED) is 0.788. The summed E-state index contributed by atoms with van der Waals surface area (Å²) in [6, 6.07) is 3.91. The molecule has 0 saturated carbocycles. The smallest absolute Gasteiger partial charge is 0.127 e. The molecule has 96 valence electrons. The molecule has 0 saturated heterocycles. The van der Waals surface area contributed by atoms with E-state index in [1.165, 1.54) is 19.2 Å². The van der Waals surface area contributed by atoms with Crippen LogP contribution in [-0.2, 0) is 4.74 Å². The maximum Gasteiger partial charge on any atom is 0.127 e. The van der Waals surface area contributed by atoms with Crippen LogP contribution in [0.15, 0.2) is 18.2 Å². The summed E-state index contributed by atoms with van der Waals surface area (Å²) in [7, 11) is 1.48. The normalized spacial score (nSPS) is 14.4. The van der Waals surface area contributed by atoms with Gasteiger partial charge in [0.25, 0.3) is 0 Å². The fraction of sp³-hybridized carbons (Fsp3) is 0.500. The van der Waals surface area contributed by atoms with Crippen molar-refractivity contribution in [3.05, 3.63) is 29.6 Å². The number of benzene rings is 1. The number of nitrogens with two attached hydrogens (primary N) is 1. The van der Waals surface area contributed by atoms with Crippen molar-refractivity contribution >= 4 is 0 Å². The van der Waals surface area contributed by atoms with Gasteiger partial charge < -0.3 is 20.3 Å². The van der Waals surface area contributed by atoms with Crippen LogP contribution in [0.4, 0.5) is 4.39 Å². The van der Waals surface area contributed by atoms with Crippen LogP contribution in [-0.4, -0.2) is 31.5 Å². The summed E-state index contributed by atoms with van der Waals surface area (Å²) in [5.41, 5.74) is 6.44. The van der Waals surface area contributed by atoms with Crippen LogP contribution >= 0.6 is 0 Å². The Bertz CT molecular complexity index is 358. The van der Waals surface area contributed by atoms with Gasteiger partial charge >= 0.3 is 0 Å². The van der Waals surface area contributed by atoms with Gasteiger partial charge in [-0.2, -0.15) is 0 Å². The van der Waals surface area contributed by atoms with E-state index in [4.69, 9.17) is 15.2 Å². The van der Waals surface area contributed by atoms with E-state index >= 15 is 0 Å². The largest absolute Gasteiger partial charge is 0.490 e. The highest BCUT2D eigenvalue weighted by atomic mass is 19.1. The molecule has 0 bridgehead atoms. The SMILES string of the molecule is COCC(O)COc1cc(F)ccc1[C@H](C)N. The number of hydrogen-bond donors (Lipinski definition) is 2. The third-order valence-corrected chi connectivity index (χ3v) is 2.26. The molecule has 4 nitrogen and oxygen atoms in total. The van der Waals surface area contributed by atoms with Crippen molar-refractivity contribution < 1.29 is 19.0 Å². The molecule has 1 unspecified atom stereocenters. The minimum Gasteiger partial charge on any atom is -0.490 e. The first-order valence-electron chi connectivity index (χ1n) is 5.39. The van der Waals surface area contributed by atoms with Crippen LogP contribution in [0.25, 0.3) is 0 Å². The maximum absolute atomic E-state index is 13.1. The van der Waals surface area contributed by atoms with E-state index in [1.54, 1.807) is 13.0 Å². The second-order valence-electron chi connectivity index (χ2n) is 3.89. The van der Waals surface area contributed by atoms with Crippen molar-refractivity contribution in [2.45, 2.75) is 19.1 Å². The number of halogens is 1. The molecule has 3 N–H and O–H groups in total. The molecule has 5 heteroatoms. The molecule has 2 atom stereocenters. The molecule has 0 radical (unpaired) electrons. The van der Waals surface area contributed by atoms with Gasteiger partial charge in [-0.3, -0.25) is 0 Å². The van der Waals surface area contributed by atoms with Crippen molar-refractivity contribution in [1.29, 1.82) is 0 Å². The van der Waals surface area contributed by atoms with E-state index in [9.17, 15) is 9.50 Å². The molecule has 1 rings (SSSR count). The Morgan fingerprint density at radius 3 is 2.71 bits per heavy atom. The van der Waals surface area contributed by atoms with Crippen LogP contribution < -0.4 is 10.5 Å². The van der Waals surface area contributed by atoms with Gasteiger partial charge in [0.15, 0.2) is 0 Å². The van der Waals surface area contributed by atoms with Crippen LogP contribution in [0.2, 0.25) is 0 Å². The lowest BCUT2D eigenvalue weighted by Crippen LogP contribution is -2.23. The molecule has 0 aliphatic rings. The molecule has 0 heterocycles. The van der Waals surface area contributed by atoms with Crippen molar-refractivity contribution in [3.8, 4) is 5.75 Å². The number of ether oxygens (including phenoxy) is 2. The van der Waals surface area contributed by atoms with Gasteiger partial charge in [-0.05, 0) is 13.0 Å². The molecule has 0 aliphatic heterocycles. The fourth-order valence-corrected chi connectivity index (χ4v) is 1.44. The van der Waals surface area contributed by atoms with Gasteiger partial charge in [-0.15, -0.1) is 0 Å². The minimum atomic E-state index is -0.746. The van der Waals surface area contributed by atoms with Crippen LogP contribution in [0.3, 0.4) is 0 Å². The summed E-state index contributed by atoms with van der Waals surface area (Å²) in [5, 5.41) is 9.43. The summed E-state index contributed by atoms with van der Waals surface area (Å²) in [5.74, 6) is -0.0409. The molecule has 0 amide bonds. The van der Waals surface area contributed by atoms with Crippen molar-refractivity contribution in [2.75, 3.05) is 20.3 Å². The zero-order valence-electron chi connectivity index (χ0n) is 10.0. The topological polar surface area (TPSA) is 64.7 Å². The average Bonchev–Trinajstić information content (AvgIpc) is 2.26. The first kappa shape index (κ1) is 13.9. The lowest BCUT2D eigenvalue weighted by atomic mass is 10.1. The molecule has 1 aromatic rings. The van der Waals surface area contributed by atoms with E-state index in [0.717, 1.165) is 0 Å². The van der Waals surface area contributed by atoms with Crippen LogP contribution in [0.1, 0.15) is 18.5 Å². The lowest BCUT2D eigenvalue weighted by Gasteiger charge is -2.16. The van der Waals surface area contributed by atoms with E-state index < -0.39 is 11.9 Å². The number of methoxy groups -OCH3 is 1. The molecule has 0 aromatic heterocycles. The Morgan fingerprint density at radius 1 is 1.41 bits per heavy atom. The van der Waals surface area contributed by atoms with Gasteiger partial charge in [-0.1, -0.05) is 6.07 Å². The minimum absolute atomic E-state index is 0.0387. The zero-order valence-corrected chi connectivity index (χ0v) is 10.0. The van der Waals surface area contributed by atoms with E-state index in [1.807, 2.05) is 0 Å². The summed E-state index contributed by atoms with van der Waals surface area (Å²) >= 11 is 0.